The van der Waals surface area contributed by atoms with Crippen molar-refractivity contribution in [3.05, 3.63) is 34.9 Å². The molecular weight excluding hydrogens is 388 g/mol. The molecule has 1 N–H and O–H groups in total. The number of hydrogen-bond donors (Lipinski definition) is 1. The minimum atomic E-state index is -0.0362. The summed E-state index contributed by atoms with van der Waals surface area (Å²) in [5.41, 5.74) is 5.75. The van der Waals surface area contributed by atoms with Gasteiger partial charge in [-0.15, -0.1) is 0 Å². The van der Waals surface area contributed by atoms with Gasteiger partial charge in [0.1, 0.15) is 0 Å². The number of nitrogens with one attached hydrogen (secondary N) is 1. The van der Waals surface area contributed by atoms with E-state index in [1.54, 1.807) is 0 Å². The van der Waals surface area contributed by atoms with Crippen LogP contribution >= 0.6 is 0 Å². The number of aryl methyl sites for hydroxylation is 1. The molecule has 170 valence electrons. The Kier molecular flexibility index (Phi) is 8.91. The number of amides is 1. The molecule has 2 aliphatic rings. The number of hydrazine groups is 1. The SMILES string of the molecule is CCN(NC(=O)c1cc(C#CCN2CCOCC2)ccc1C)C1CCC(N(C)C)CC1. The van der Waals surface area contributed by atoms with E-state index in [0.717, 1.165) is 63.4 Å². The van der Waals surface area contributed by atoms with Crippen molar-refractivity contribution < 1.29 is 9.53 Å². The van der Waals surface area contributed by atoms with Crippen LogP contribution in [0.2, 0.25) is 0 Å². The van der Waals surface area contributed by atoms with E-state index in [-0.39, 0.29) is 5.91 Å². The molecule has 0 spiro atoms. The Morgan fingerprint density at radius 2 is 1.84 bits per heavy atom. The van der Waals surface area contributed by atoms with Crippen molar-refractivity contribution in [2.75, 3.05) is 53.5 Å². The average Bonchev–Trinajstić information content (AvgIpc) is 2.79. The van der Waals surface area contributed by atoms with Gasteiger partial charge >= 0.3 is 0 Å². The summed E-state index contributed by atoms with van der Waals surface area (Å²) in [6, 6.07) is 6.97. The van der Waals surface area contributed by atoms with Gasteiger partial charge in [-0.2, -0.15) is 0 Å². The van der Waals surface area contributed by atoms with Gasteiger partial charge in [0.2, 0.25) is 0 Å². The van der Waals surface area contributed by atoms with Gasteiger partial charge in [0.15, 0.2) is 0 Å². The summed E-state index contributed by atoms with van der Waals surface area (Å²) in [4.78, 5) is 17.7. The van der Waals surface area contributed by atoms with Gasteiger partial charge in [0.25, 0.3) is 5.91 Å². The van der Waals surface area contributed by atoms with E-state index in [2.05, 4.69) is 53.1 Å². The number of nitrogens with zero attached hydrogens (tertiary/aromatic N) is 3. The van der Waals surface area contributed by atoms with Crippen LogP contribution in [0.3, 0.4) is 0 Å². The van der Waals surface area contributed by atoms with Gasteiger partial charge in [0, 0.05) is 42.8 Å². The predicted octanol–water partition coefficient (Wildman–Crippen LogP) is 2.52. The largest absolute Gasteiger partial charge is 0.379 e. The maximum absolute atomic E-state index is 13.1. The van der Waals surface area contributed by atoms with Gasteiger partial charge in [-0.3, -0.25) is 15.1 Å². The van der Waals surface area contributed by atoms with E-state index in [9.17, 15) is 4.79 Å². The molecule has 1 aromatic rings. The Morgan fingerprint density at radius 3 is 2.48 bits per heavy atom. The lowest BCUT2D eigenvalue weighted by Crippen LogP contribution is -2.51. The molecule has 1 saturated carbocycles. The molecular formula is C25H38N4O2. The summed E-state index contributed by atoms with van der Waals surface area (Å²) in [5.74, 6) is 6.44. The van der Waals surface area contributed by atoms with E-state index >= 15 is 0 Å². The van der Waals surface area contributed by atoms with E-state index in [0.29, 0.717) is 17.6 Å². The van der Waals surface area contributed by atoms with E-state index in [4.69, 9.17) is 4.74 Å². The van der Waals surface area contributed by atoms with Crippen LogP contribution < -0.4 is 5.43 Å². The summed E-state index contributed by atoms with van der Waals surface area (Å²) in [7, 11) is 4.31. The third-order valence-corrected chi connectivity index (χ3v) is 6.54. The highest BCUT2D eigenvalue weighted by atomic mass is 16.5. The monoisotopic (exact) mass is 426 g/mol. The summed E-state index contributed by atoms with van der Waals surface area (Å²) in [6.45, 7) is 9.05. The lowest BCUT2D eigenvalue weighted by Gasteiger charge is -2.38. The molecule has 6 nitrogen and oxygen atoms in total. The van der Waals surface area contributed by atoms with Crippen LogP contribution in [0.4, 0.5) is 0 Å². The van der Waals surface area contributed by atoms with Crippen LogP contribution in [0.1, 0.15) is 54.1 Å². The van der Waals surface area contributed by atoms with Crippen molar-refractivity contribution in [2.45, 2.75) is 51.6 Å². The molecule has 1 aromatic carbocycles. The Bertz CT molecular complexity index is 784. The first-order valence-corrected chi connectivity index (χ1v) is 11.6. The van der Waals surface area contributed by atoms with Crippen molar-refractivity contribution in [3.63, 3.8) is 0 Å². The highest BCUT2D eigenvalue weighted by Gasteiger charge is 2.27. The molecule has 0 radical (unpaired) electrons. The fraction of sp³-hybridized carbons (Fsp3) is 0.640. The smallest absolute Gasteiger partial charge is 0.265 e. The Hall–Kier alpha value is -1.91. The number of morpholine rings is 1. The lowest BCUT2D eigenvalue weighted by molar-refractivity contribution is 0.0443. The number of rotatable bonds is 6. The van der Waals surface area contributed by atoms with Crippen LogP contribution in [0, 0.1) is 18.8 Å². The second kappa shape index (κ2) is 11.6. The molecule has 0 atom stereocenters. The second-order valence-corrected chi connectivity index (χ2v) is 8.87. The van der Waals surface area contributed by atoms with Crippen molar-refractivity contribution in [1.29, 1.82) is 0 Å². The number of benzene rings is 1. The third-order valence-electron chi connectivity index (χ3n) is 6.54. The zero-order chi connectivity index (χ0) is 22.2. The van der Waals surface area contributed by atoms with Crippen molar-refractivity contribution in [1.82, 2.24) is 20.2 Å². The number of carbonyl (C=O) groups is 1. The average molecular weight is 427 g/mol. The Balaban J connectivity index is 1.60. The summed E-state index contributed by atoms with van der Waals surface area (Å²) in [6.07, 6.45) is 4.58. The fourth-order valence-electron chi connectivity index (χ4n) is 4.46. The molecule has 1 aliphatic carbocycles. The summed E-state index contributed by atoms with van der Waals surface area (Å²) < 4.78 is 5.38. The van der Waals surface area contributed by atoms with Crippen LogP contribution in [0.15, 0.2) is 18.2 Å². The molecule has 2 fully saturated rings. The van der Waals surface area contributed by atoms with Gasteiger partial charge < -0.3 is 9.64 Å². The number of ether oxygens (including phenoxy) is 1. The Morgan fingerprint density at radius 1 is 1.16 bits per heavy atom. The first-order valence-electron chi connectivity index (χ1n) is 11.6. The van der Waals surface area contributed by atoms with E-state index in [1.807, 2.05) is 25.1 Å². The molecule has 3 rings (SSSR count). The molecule has 6 heteroatoms. The summed E-state index contributed by atoms with van der Waals surface area (Å²) in [5, 5.41) is 2.13. The van der Waals surface area contributed by atoms with Crippen molar-refractivity contribution in [2.24, 2.45) is 0 Å². The first kappa shape index (κ1) is 23.7. The maximum Gasteiger partial charge on any atom is 0.265 e. The zero-order valence-electron chi connectivity index (χ0n) is 19.6. The minimum absolute atomic E-state index is 0.0362. The normalized spacial score (nSPS) is 22.3. The molecule has 1 aliphatic heterocycles. The van der Waals surface area contributed by atoms with E-state index in [1.165, 1.54) is 12.8 Å². The topological polar surface area (TPSA) is 48.1 Å². The third kappa shape index (κ3) is 6.78. The lowest BCUT2D eigenvalue weighted by atomic mass is 9.90. The molecule has 0 aromatic heterocycles. The molecule has 0 bridgehead atoms. The standard InChI is InChI=1S/C25H38N4O2/c1-5-29(23-12-10-22(11-13-23)27(3)4)26-25(30)24-19-21(9-8-20(24)2)7-6-14-28-15-17-31-18-16-28/h8-9,19,22-23H,5,10-18H2,1-4H3,(H,26,30). The quantitative estimate of drug-likeness (QED) is 0.560. The molecule has 1 heterocycles. The molecule has 0 unspecified atom stereocenters. The van der Waals surface area contributed by atoms with Gasteiger partial charge in [-0.05, 0) is 64.4 Å². The summed E-state index contributed by atoms with van der Waals surface area (Å²) >= 11 is 0. The van der Waals surface area contributed by atoms with Gasteiger partial charge in [-0.1, -0.05) is 24.8 Å². The van der Waals surface area contributed by atoms with Crippen molar-refractivity contribution >= 4 is 5.91 Å². The van der Waals surface area contributed by atoms with Crippen LogP contribution in [-0.4, -0.2) is 86.3 Å². The second-order valence-electron chi connectivity index (χ2n) is 8.87. The highest BCUT2D eigenvalue weighted by molar-refractivity contribution is 5.95. The van der Waals surface area contributed by atoms with Gasteiger partial charge in [-0.25, -0.2) is 5.01 Å². The molecule has 31 heavy (non-hydrogen) atoms. The minimum Gasteiger partial charge on any atom is -0.379 e. The van der Waals surface area contributed by atoms with Crippen LogP contribution in [-0.2, 0) is 4.74 Å². The fourth-order valence-corrected chi connectivity index (χ4v) is 4.46. The zero-order valence-corrected chi connectivity index (χ0v) is 19.6. The van der Waals surface area contributed by atoms with Gasteiger partial charge in [0.05, 0.1) is 19.8 Å². The molecule has 1 amide bonds. The number of hydrogen-bond acceptors (Lipinski definition) is 5. The first-order chi connectivity index (χ1) is 15.0. The maximum atomic E-state index is 13.1. The van der Waals surface area contributed by atoms with E-state index < -0.39 is 0 Å². The van der Waals surface area contributed by atoms with Crippen LogP contribution in [0.5, 0.6) is 0 Å². The number of carbonyl (C=O) groups excluding carboxylic acids is 1. The molecule has 1 saturated heterocycles. The predicted molar refractivity (Wildman–Crippen MR) is 125 cm³/mol. The highest BCUT2D eigenvalue weighted by Crippen LogP contribution is 2.25. The Labute approximate surface area is 187 Å². The van der Waals surface area contributed by atoms with Crippen LogP contribution in [0.25, 0.3) is 0 Å². The van der Waals surface area contributed by atoms with Crippen molar-refractivity contribution in [3.8, 4) is 11.8 Å².